The first kappa shape index (κ1) is 29.9. The van der Waals surface area contributed by atoms with E-state index in [1.54, 1.807) is 62.5 Å². The predicted molar refractivity (Wildman–Crippen MR) is 144 cm³/mol. The molecule has 3 rings (SSSR count). The van der Waals surface area contributed by atoms with E-state index in [0.717, 1.165) is 0 Å². The van der Waals surface area contributed by atoms with E-state index in [1.165, 1.54) is 31.3 Å². The highest BCUT2D eigenvalue weighted by Gasteiger charge is 2.18. The number of rotatable bonds is 6. The van der Waals surface area contributed by atoms with Gasteiger partial charge in [-0.05, 0) is 18.2 Å². The Hall–Kier alpha value is -4.10. The number of aromatic nitrogens is 3. The summed E-state index contributed by atoms with van der Waals surface area (Å²) < 4.78 is 4.31. The van der Waals surface area contributed by atoms with Crippen LogP contribution in [0.15, 0.2) is 54.2 Å². The summed E-state index contributed by atoms with van der Waals surface area (Å²) in [6.45, 7) is 0.604. The fraction of sp³-hybridized carbons (Fsp3) is 0.238. The van der Waals surface area contributed by atoms with Gasteiger partial charge in [0.1, 0.15) is 5.69 Å². The number of amides is 3. The van der Waals surface area contributed by atoms with Crippen LogP contribution in [-0.2, 0) is 7.05 Å². The molecule has 0 radical (unpaired) electrons. The van der Waals surface area contributed by atoms with Gasteiger partial charge in [-0.2, -0.15) is 0 Å². The van der Waals surface area contributed by atoms with E-state index >= 15 is 0 Å². The molecular formula is C21H30Cl2N10O3. The molecule has 196 valence electrons. The fourth-order valence-corrected chi connectivity index (χ4v) is 3.21. The normalized spacial score (nSPS) is 9.97. The third-order valence-electron chi connectivity index (χ3n) is 5.06. The van der Waals surface area contributed by atoms with Gasteiger partial charge in [-0.1, -0.05) is 0 Å². The molecule has 0 saturated carbocycles. The lowest BCUT2D eigenvalue weighted by molar-refractivity contribution is 0.101. The molecule has 0 spiro atoms. The van der Waals surface area contributed by atoms with E-state index in [-0.39, 0.29) is 55.3 Å². The van der Waals surface area contributed by atoms with Crippen molar-refractivity contribution < 1.29 is 14.4 Å². The van der Waals surface area contributed by atoms with E-state index in [4.69, 9.17) is 17.2 Å². The SMILES string of the molecule is CN(CCN=C(N)N)C(=O)n1ccc(N(C)C(=O)n2ccc(NC(=O)c3cc(N)cn3C)c2)c1.Cl.Cl. The van der Waals surface area contributed by atoms with Crippen molar-refractivity contribution in [1.82, 2.24) is 18.6 Å². The van der Waals surface area contributed by atoms with Crippen molar-refractivity contribution >= 4 is 65.8 Å². The van der Waals surface area contributed by atoms with Gasteiger partial charge < -0.3 is 32.0 Å². The van der Waals surface area contributed by atoms with Crippen LogP contribution in [-0.4, -0.2) is 69.7 Å². The quantitative estimate of drug-likeness (QED) is 0.272. The molecule has 36 heavy (non-hydrogen) atoms. The van der Waals surface area contributed by atoms with Gasteiger partial charge in [0.05, 0.1) is 23.6 Å². The minimum Gasteiger partial charge on any atom is -0.397 e. The number of carbonyl (C=O) groups excluding carboxylic acids is 3. The number of hydrogen-bond acceptors (Lipinski definition) is 5. The van der Waals surface area contributed by atoms with E-state index in [1.807, 2.05) is 0 Å². The van der Waals surface area contributed by atoms with Crippen LogP contribution in [0.2, 0.25) is 0 Å². The molecule has 0 aliphatic rings. The predicted octanol–water partition coefficient (Wildman–Crippen LogP) is 1.58. The number of anilines is 3. The smallest absolute Gasteiger partial charge is 0.332 e. The second-order valence-electron chi connectivity index (χ2n) is 7.66. The first-order valence-corrected chi connectivity index (χ1v) is 10.2. The zero-order valence-corrected chi connectivity index (χ0v) is 21.6. The number of aryl methyl sites for hydroxylation is 1. The Balaban J connectivity index is 0.00000324. The van der Waals surface area contributed by atoms with Gasteiger partial charge in [0, 0.05) is 58.7 Å². The lowest BCUT2D eigenvalue weighted by Crippen LogP contribution is -2.33. The minimum atomic E-state index is -0.380. The summed E-state index contributed by atoms with van der Waals surface area (Å²) >= 11 is 0. The fourth-order valence-electron chi connectivity index (χ4n) is 3.21. The van der Waals surface area contributed by atoms with Gasteiger partial charge in [-0.15, -0.1) is 24.8 Å². The monoisotopic (exact) mass is 540 g/mol. The summed E-state index contributed by atoms with van der Waals surface area (Å²) in [6.07, 6.45) is 7.78. The number of nitrogens with zero attached hydrogens (tertiary/aromatic N) is 6. The van der Waals surface area contributed by atoms with Crippen LogP contribution in [0.5, 0.6) is 0 Å². The van der Waals surface area contributed by atoms with Gasteiger partial charge >= 0.3 is 12.1 Å². The molecule has 15 heteroatoms. The molecule has 3 aromatic rings. The highest BCUT2D eigenvalue weighted by molar-refractivity contribution is 6.04. The van der Waals surface area contributed by atoms with Crippen LogP contribution in [0.3, 0.4) is 0 Å². The molecule has 0 unspecified atom stereocenters. The van der Waals surface area contributed by atoms with Crippen LogP contribution < -0.4 is 27.4 Å². The molecule has 0 fully saturated rings. The number of nitrogens with two attached hydrogens (primary N) is 3. The highest BCUT2D eigenvalue weighted by atomic mass is 35.5. The molecule has 0 saturated heterocycles. The molecule has 3 amide bonds. The Morgan fingerprint density at radius 1 is 1.00 bits per heavy atom. The van der Waals surface area contributed by atoms with Crippen molar-refractivity contribution in [1.29, 1.82) is 0 Å². The van der Waals surface area contributed by atoms with Gasteiger partial charge in [-0.3, -0.25) is 23.8 Å². The van der Waals surface area contributed by atoms with Crippen LogP contribution in [0, 0.1) is 0 Å². The number of hydrogen-bond donors (Lipinski definition) is 4. The van der Waals surface area contributed by atoms with Crippen molar-refractivity contribution in [3.8, 4) is 0 Å². The average molecular weight is 541 g/mol. The average Bonchev–Trinajstić information content (AvgIpc) is 3.51. The largest absolute Gasteiger partial charge is 0.397 e. The Bertz CT molecular complexity index is 1240. The Morgan fingerprint density at radius 2 is 1.64 bits per heavy atom. The van der Waals surface area contributed by atoms with Crippen molar-refractivity contribution in [2.75, 3.05) is 43.1 Å². The number of guanidine groups is 1. The lowest BCUT2D eigenvalue weighted by Gasteiger charge is -2.17. The van der Waals surface area contributed by atoms with Gasteiger partial charge in [0.25, 0.3) is 5.91 Å². The summed E-state index contributed by atoms with van der Waals surface area (Å²) in [5.41, 5.74) is 18.1. The number of nitrogens with one attached hydrogen (secondary N) is 1. The third-order valence-corrected chi connectivity index (χ3v) is 5.06. The molecule has 3 aromatic heterocycles. The number of nitrogen functional groups attached to an aromatic ring is 1. The maximum Gasteiger partial charge on any atom is 0.332 e. The molecule has 7 N–H and O–H groups in total. The first-order valence-electron chi connectivity index (χ1n) is 10.2. The van der Waals surface area contributed by atoms with E-state index in [0.29, 0.717) is 29.3 Å². The van der Waals surface area contributed by atoms with Crippen LogP contribution >= 0.6 is 24.8 Å². The summed E-state index contributed by atoms with van der Waals surface area (Å²) in [4.78, 5) is 44.6. The highest BCUT2D eigenvalue weighted by Crippen LogP contribution is 2.18. The Kier molecular flexibility index (Phi) is 10.4. The molecule has 0 aliphatic carbocycles. The number of halogens is 2. The second kappa shape index (κ2) is 12.6. The van der Waals surface area contributed by atoms with Crippen molar-refractivity contribution in [2.24, 2.45) is 23.5 Å². The summed E-state index contributed by atoms with van der Waals surface area (Å²) in [5.74, 6) is -0.390. The first-order chi connectivity index (χ1) is 16.1. The third kappa shape index (κ3) is 6.96. The Labute approximate surface area is 220 Å². The molecule has 13 nitrogen and oxygen atoms in total. The summed E-state index contributed by atoms with van der Waals surface area (Å²) in [6, 6.07) is 4.14. The maximum atomic E-state index is 12.9. The van der Waals surface area contributed by atoms with Crippen molar-refractivity contribution in [2.45, 2.75) is 0 Å². The van der Waals surface area contributed by atoms with Gasteiger partial charge in [-0.25, -0.2) is 9.59 Å². The van der Waals surface area contributed by atoms with Crippen molar-refractivity contribution in [3.63, 3.8) is 0 Å². The summed E-state index contributed by atoms with van der Waals surface area (Å²) in [5, 5.41) is 2.74. The second-order valence-corrected chi connectivity index (χ2v) is 7.66. The summed E-state index contributed by atoms with van der Waals surface area (Å²) in [7, 11) is 4.92. The number of likely N-dealkylation sites (N-methyl/N-ethyl adjacent to an activating group) is 1. The minimum absolute atomic E-state index is 0. The molecule has 3 heterocycles. The molecule has 0 bridgehead atoms. The van der Waals surface area contributed by atoms with Crippen LogP contribution in [0.4, 0.5) is 26.7 Å². The van der Waals surface area contributed by atoms with Gasteiger partial charge in [0.15, 0.2) is 5.96 Å². The van der Waals surface area contributed by atoms with Gasteiger partial charge in [0.2, 0.25) is 0 Å². The van der Waals surface area contributed by atoms with Crippen LogP contribution in [0.1, 0.15) is 10.5 Å². The zero-order valence-electron chi connectivity index (χ0n) is 20.0. The topological polar surface area (TPSA) is 175 Å². The zero-order chi connectivity index (χ0) is 25.0. The molecule has 0 atom stereocenters. The lowest BCUT2D eigenvalue weighted by atomic mass is 10.3. The molecule has 0 aliphatic heterocycles. The molecule has 0 aromatic carbocycles. The van der Waals surface area contributed by atoms with Crippen molar-refractivity contribution in [3.05, 3.63) is 54.9 Å². The molecular weight excluding hydrogens is 511 g/mol. The Morgan fingerprint density at radius 3 is 2.25 bits per heavy atom. The maximum absolute atomic E-state index is 12.9. The van der Waals surface area contributed by atoms with E-state index in [9.17, 15) is 14.4 Å². The van der Waals surface area contributed by atoms with E-state index < -0.39 is 0 Å². The van der Waals surface area contributed by atoms with Crippen LogP contribution in [0.25, 0.3) is 0 Å². The number of aliphatic imine (C=N–C) groups is 1. The number of carbonyl (C=O) groups is 3. The van der Waals surface area contributed by atoms with E-state index in [2.05, 4.69) is 10.3 Å². The standard InChI is InChI=1S/C21H28N10O3.2ClH/c1-27(9-6-25-19(23)24)20(33)31-8-5-16(13-31)29(3)21(34)30-7-4-15(12-30)26-18(32)17-10-14(22)11-28(17)2;;/h4-5,7-8,10-13H,6,9,22H2,1-3H3,(H,26,32)(H4,23,24,25);2*1H.